The molecule has 0 atom stereocenters. The van der Waals surface area contributed by atoms with Crippen molar-refractivity contribution in [2.45, 2.75) is 13.7 Å². The molecule has 184 valence electrons. The van der Waals surface area contributed by atoms with E-state index in [9.17, 15) is 19.7 Å². The smallest absolute Gasteiger partial charge is 0.355 e. The van der Waals surface area contributed by atoms with Gasteiger partial charge in [-0.2, -0.15) is 0 Å². The van der Waals surface area contributed by atoms with E-state index in [0.29, 0.717) is 17.1 Å². The second-order valence-electron chi connectivity index (χ2n) is 7.56. The highest BCUT2D eigenvalue weighted by Crippen LogP contribution is 2.28. The fourth-order valence-corrected chi connectivity index (χ4v) is 3.51. The molecule has 0 aliphatic rings. The summed E-state index contributed by atoms with van der Waals surface area (Å²) >= 11 is 0. The number of nitrogens with one attached hydrogen (secondary N) is 1. The van der Waals surface area contributed by atoms with E-state index in [1.54, 1.807) is 41.8 Å². The predicted octanol–water partition coefficient (Wildman–Crippen LogP) is 4.77. The number of amides is 1. The van der Waals surface area contributed by atoms with Gasteiger partial charge >= 0.3 is 5.97 Å². The van der Waals surface area contributed by atoms with Crippen molar-refractivity contribution >= 4 is 34.2 Å². The molecule has 1 amide bonds. The number of carbonyl (C=O) groups is 2. The molecule has 0 spiro atoms. The Balaban J connectivity index is 1.48. The summed E-state index contributed by atoms with van der Waals surface area (Å²) in [4.78, 5) is 39.2. The second kappa shape index (κ2) is 10.7. The number of nitrogens with zero attached hydrogens (tertiary/aromatic N) is 3. The normalized spacial score (nSPS) is 10.7. The molecule has 4 rings (SSSR count). The molecule has 0 saturated heterocycles. The Kier molecular flexibility index (Phi) is 7.21. The number of pyridine rings is 1. The largest absolute Gasteiger partial charge is 0.461 e. The van der Waals surface area contributed by atoms with Crippen molar-refractivity contribution in [3.63, 3.8) is 0 Å². The zero-order valence-electron chi connectivity index (χ0n) is 19.5. The zero-order chi connectivity index (χ0) is 25.7. The molecular formula is C25H22N4O7. The molecule has 0 saturated carbocycles. The van der Waals surface area contributed by atoms with Crippen LogP contribution in [0.25, 0.3) is 10.9 Å². The van der Waals surface area contributed by atoms with E-state index < -0.39 is 16.8 Å². The number of hydrogen-bond donors (Lipinski definition) is 1. The third-order valence-corrected chi connectivity index (χ3v) is 5.18. The van der Waals surface area contributed by atoms with Crippen LogP contribution in [0, 0.1) is 10.1 Å². The minimum atomic E-state index is -0.531. The Bertz CT molecular complexity index is 1410. The van der Waals surface area contributed by atoms with Crippen LogP contribution in [0.2, 0.25) is 0 Å². The van der Waals surface area contributed by atoms with Crippen LogP contribution >= 0.6 is 0 Å². The van der Waals surface area contributed by atoms with Crippen molar-refractivity contribution < 1.29 is 28.7 Å². The fourth-order valence-electron chi connectivity index (χ4n) is 3.51. The minimum absolute atomic E-state index is 0.0977. The molecule has 0 fully saturated rings. The molecule has 0 aliphatic heterocycles. The van der Waals surface area contributed by atoms with Gasteiger partial charge in [0.2, 0.25) is 5.88 Å². The van der Waals surface area contributed by atoms with E-state index in [-0.39, 0.29) is 30.5 Å². The van der Waals surface area contributed by atoms with E-state index in [0.717, 1.165) is 10.9 Å². The van der Waals surface area contributed by atoms with E-state index in [4.69, 9.17) is 14.2 Å². The Morgan fingerprint density at radius 1 is 1.08 bits per heavy atom. The maximum atomic E-state index is 12.4. The molecule has 4 aromatic rings. The topological polar surface area (TPSA) is 135 Å². The standard InChI is InChI=1S/C25H22N4O7/c1-3-35-25(31)22-12-17-6-10-20(13-21(17)28(22)15-34-2)36-23-11-7-18(14-26-23)27-24(30)16-4-8-19(9-5-16)29(32)33/h4-14H,3,15H2,1-2H3,(H,27,30). The van der Waals surface area contributed by atoms with E-state index >= 15 is 0 Å². The van der Waals surface area contributed by atoms with Crippen molar-refractivity contribution in [3.05, 3.63) is 88.2 Å². The maximum Gasteiger partial charge on any atom is 0.355 e. The number of esters is 1. The van der Waals surface area contributed by atoms with Gasteiger partial charge in [0.05, 0.1) is 28.9 Å². The molecule has 2 heterocycles. The molecule has 2 aromatic heterocycles. The SMILES string of the molecule is CCOC(=O)c1cc2ccc(Oc3ccc(NC(=O)c4ccc([N+](=O)[O-])cc4)cn3)cc2n1COC. The predicted molar refractivity (Wildman–Crippen MR) is 130 cm³/mol. The summed E-state index contributed by atoms with van der Waals surface area (Å²) in [6, 6.07) is 15.6. The highest BCUT2D eigenvalue weighted by molar-refractivity contribution is 6.04. The van der Waals surface area contributed by atoms with Gasteiger partial charge in [0.15, 0.2) is 0 Å². The number of carbonyl (C=O) groups excluding carboxylic acids is 2. The lowest BCUT2D eigenvalue weighted by molar-refractivity contribution is -0.384. The molecule has 1 N–H and O–H groups in total. The van der Waals surface area contributed by atoms with Gasteiger partial charge in [-0.3, -0.25) is 14.9 Å². The van der Waals surface area contributed by atoms with E-state index in [1.807, 2.05) is 6.07 Å². The molecular weight excluding hydrogens is 468 g/mol. The first kappa shape index (κ1) is 24.4. The summed E-state index contributed by atoms with van der Waals surface area (Å²) in [5.74, 6) is -0.0925. The highest BCUT2D eigenvalue weighted by Gasteiger charge is 2.17. The van der Waals surface area contributed by atoms with Crippen molar-refractivity contribution in [2.24, 2.45) is 0 Å². The third-order valence-electron chi connectivity index (χ3n) is 5.18. The number of methoxy groups -OCH3 is 1. The first-order valence-corrected chi connectivity index (χ1v) is 10.9. The van der Waals surface area contributed by atoms with Gasteiger partial charge in [-0.05, 0) is 43.3 Å². The number of aromatic nitrogens is 2. The number of nitro benzene ring substituents is 1. The summed E-state index contributed by atoms with van der Waals surface area (Å²) in [5.41, 5.74) is 1.70. The molecule has 0 radical (unpaired) electrons. The van der Waals surface area contributed by atoms with Crippen LogP contribution in [0.1, 0.15) is 27.8 Å². The Morgan fingerprint density at radius 3 is 2.50 bits per heavy atom. The van der Waals surface area contributed by atoms with Gasteiger partial charge in [-0.1, -0.05) is 0 Å². The quantitative estimate of drug-likeness (QED) is 0.201. The average molecular weight is 490 g/mol. The van der Waals surface area contributed by atoms with Crippen molar-refractivity contribution in [1.82, 2.24) is 9.55 Å². The van der Waals surface area contributed by atoms with Crippen LogP contribution < -0.4 is 10.1 Å². The first-order chi connectivity index (χ1) is 17.4. The van der Waals surface area contributed by atoms with Crippen LogP contribution in [0.3, 0.4) is 0 Å². The number of non-ortho nitro benzene ring substituents is 1. The van der Waals surface area contributed by atoms with Crippen molar-refractivity contribution in [2.75, 3.05) is 19.0 Å². The van der Waals surface area contributed by atoms with Crippen LogP contribution in [0.4, 0.5) is 11.4 Å². The van der Waals surface area contributed by atoms with Crippen molar-refractivity contribution in [1.29, 1.82) is 0 Å². The number of rotatable bonds is 9. The lowest BCUT2D eigenvalue weighted by Gasteiger charge is -2.10. The Morgan fingerprint density at radius 2 is 1.86 bits per heavy atom. The second-order valence-corrected chi connectivity index (χ2v) is 7.56. The molecule has 0 aliphatic carbocycles. The summed E-state index contributed by atoms with van der Waals surface area (Å²) < 4.78 is 17.9. The molecule has 11 nitrogen and oxygen atoms in total. The van der Waals surface area contributed by atoms with Crippen LogP contribution in [0.15, 0.2) is 66.9 Å². The molecule has 11 heteroatoms. The highest BCUT2D eigenvalue weighted by atomic mass is 16.6. The molecule has 2 aromatic carbocycles. The number of anilines is 1. The number of benzene rings is 2. The number of fused-ring (bicyclic) bond motifs is 1. The number of nitro groups is 1. The van der Waals surface area contributed by atoms with Gasteiger partial charge < -0.3 is 24.1 Å². The summed E-state index contributed by atoms with van der Waals surface area (Å²) in [5, 5.41) is 14.3. The lowest BCUT2D eigenvalue weighted by Crippen LogP contribution is -2.13. The van der Waals surface area contributed by atoms with Gasteiger partial charge in [-0.25, -0.2) is 9.78 Å². The minimum Gasteiger partial charge on any atom is -0.461 e. The van der Waals surface area contributed by atoms with Gasteiger partial charge in [0, 0.05) is 42.3 Å². The summed E-state index contributed by atoms with van der Waals surface area (Å²) in [6.45, 7) is 2.16. The Labute approximate surface area is 205 Å². The van der Waals surface area contributed by atoms with Crippen molar-refractivity contribution in [3.8, 4) is 11.6 Å². The monoisotopic (exact) mass is 490 g/mol. The lowest BCUT2D eigenvalue weighted by atomic mass is 10.2. The first-order valence-electron chi connectivity index (χ1n) is 10.9. The molecule has 0 unspecified atom stereocenters. The zero-order valence-corrected chi connectivity index (χ0v) is 19.5. The van der Waals surface area contributed by atoms with Crippen LogP contribution in [-0.2, 0) is 16.2 Å². The number of ether oxygens (including phenoxy) is 3. The van der Waals surface area contributed by atoms with Crippen LogP contribution in [-0.4, -0.2) is 40.1 Å². The van der Waals surface area contributed by atoms with Gasteiger partial charge in [0.1, 0.15) is 18.2 Å². The fraction of sp³-hybridized carbons (Fsp3) is 0.160. The van der Waals surface area contributed by atoms with E-state index in [2.05, 4.69) is 10.3 Å². The summed E-state index contributed by atoms with van der Waals surface area (Å²) in [7, 11) is 1.53. The third kappa shape index (κ3) is 5.31. The average Bonchev–Trinajstić information content (AvgIpc) is 3.23. The van der Waals surface area contributed by atoms with E-state index in [1.165, 1.54) is 37.6 Å². The number of hydrogen-bond acceptors (Lipinski definition) is 8. The van der Waals surface area contributed by atoms with Gasteiger partial charge in [0.25, 0.3) is 11.6 Å². The van der Waals surface area contributed by atoms with Gasteiger partial charge in [-0.15, -0.1) is 0 Å². The maximum absolute atomic E-state index is 12.4. The van der Waals surface area contributed by atoms with Crippen LogP contribution in [0.5, 0.6) is 11.6 Å². The molecule has 0 bridgehead atoms. The summed E-state index contributed by atoms with van der Waals surface area (Å²) in [6.07, 6.45) is 1.43. The molecule has 36 heavy (non-hydrogen) atoms. The Hall–Kier alpha value is -4.77.